The molecular formula is C22H21Cl2N3O2. The summed E-state index contributed by atoms with van der Waals surface area (Å²) in [6, 6.07) is 14.5. The van der Waals surface area contributed by atoms with E-state index in [0.29, 0.717) is 21.8 Å². The Balaban J connectivity index is 1.79. The largest absolute Gasteiger partial charge is 0.337 e. The van der Waals surface area contributed by atoms with E-state index < -0.39 is 5.54 Å². The van der Waals surface area contributed by atoms with Gasteiger partial charge >= 0.3 is 0 Å². The summed E-state index contributed by atoms with van der Waals surface area (Å²) >= 11 is 12.1. The lowest BCUT2D eigenvalue weighted by molar-refractivity contribution is -0.131. The van der Waals surface area contributed by atoms with Crippen LogP contribution in [0.15, 0.2) is 59.1 Å². The maximum Gasteiger partial charge on any atom is 0.247 e. The Kier molecular flexibility index (Phi) is 6.40. The van der Waals surface area contributed by atoms with Gasteiger partial charge in [0.25, 0.3) is 0 Å². The van der Waals surface area contributed by atoms with Crippen molar-refractivity contribution in [2.24, 2.45) is 0 Å². The molecule has 0 aliphatic carbocycles. The number of hydrogen-bond acceptors (Lipinski definition) is 4. The van der Waals surface area contributed by atoms with Crippen molar-refractivity contribution in [2.45, 2.75) is 32.9 Å². The molecule has 29 heavy (non-hydrogen) atoms. The average Bonchev–Trinajstić information content (AvgIpc) is 3.14. The van der Waals surface area contributed by atoms with Crippen molar-refractivity contribution in [1.29, 1.82) is 0 Å². The van der Waals surface area contributed by atoms with E-state index in [1.807, 2.05) is 51.1 Å². The van der Waals surface area contributed by atoms with Gasteiger partial charge in [-0.2, -0.15) is 4.98 Å². The van der Waals surface area contributed by atoms with Crippen LogP contribution in [0.3, 0.4) is 0 Å². The zero-order valence-corrected chi connectivity index (χ0v) is 17.9. The van der Waals surface area contributed by atoms with E-state index in [2.05, 4.69) is 10.1 Å². The summed E-state index contributed by atoms with van der Waals surface area (Å²) in [6.07, 6.45) is 3.21. The molecule has 5 nitrogen and oxygen atoms in total. The smallest absolute Gasteiger partial charge is 0.247 e. The number of benzene rings is 2. The van der Waals surface area contributed by atoms with Crippen LogP contribution in [0.25, 0.3) is 17.5 Å². The summed E-state index contributed by atoms with van der Waals surface area (Å²) in [7, 11) is 0. The molecular weight excluding hydrogens is 409 g/mol. The molecule has 1 aromatic heterocycles. The van der Waals surface area contributed by atoms with Crippen LogP contribution in [-0.2, 0) is 11.3 Å². The fourth-order valence-corrected chi connectivity index (χ4v) is 3.00. The normalized spacial score (nSPS) is 11.8. The van der Waals surface area contributed by atoms with Crippen molar-refractivity contribution >= 4 is 35.2 Å². The van der Waals surface area contributed by atoms with E-state index in [1.54, 1.807) is 29.2 Å². The first-order valence-electron chi connectivity index (χ1n) is 9.07. The van der Waals surface area contributed by atoms with Crippen LogP contribution in [0, 0.1) is 0 Å². The molecule has 1 amide bonds. The number of rotatable bonds is 5. The van der Waals surface area contributed by atoms with Gasteiger partial charge in [-0.1, -0.05) is 46.6 Å². The van der Waals surface area contributed by atoms with Gasteiger partial charge in [-0.3, -0.25) is 4.79 Å². The van der Waals surface area contributed by atoms with E-state index >= 15 is 0 Å². The second-order valence-corrected chi connectivity index (χ2v) is 8.31. The highest BCUT2D eigenvalue weighted by Crippen LogP contribution is 2.22. The minimum Gasteiger partial charge on any atom is -0.337 e. The van der Waals surface area contributed by atoms with Gasteiger partial charge in [0.05, 0.1) is 0 Å². The monoisotopic (exact) mass is 429 g/mol. The van der Waals surface area contributed by atoms with Crippen molar-refractivity contribution in [3.05, 3.63) is 76.1 Å². The predicted molar refractivity (Wildman–Crippen MR) is 116 cm³/mol. The standard InChI is InChI=1S/C22H21Cl2N3O2/c1-22(2,3)27(20(28)13-10-15-6-4-5-7-18(15)24)14-19-25-21(26-29-19)16-8-11-17(23)12-9-16/h4-13H,14H2,1-3H3/b13-10+. The number of carbonyl (C=O) groups excluding carboxylic acids is 1. The second kappa shape index (κ2) is 8.80. The summed E-state index contributed by atoms with van der Waals surface area (Å²) in [6.45, 7) is 6.04. The summed E-state index contributed by atoms with van der Waals surface area (Å²) in [4.78, 5) is 19.0. The van der Waals surface area contributed by atoms with Gasteiger partial charge in [-0.05, 0) is 62.7 Å². The second-order valence-electron chi connectivity index (χ2n) is 7.47. The van der Waals surface area contributed by atoms with Crippen LogP contribution < -0.4 is 0 Å². The Morgan fingerprint density at radius 2 is 1.79 bits per heavy atom. The van der Waals surface area contributed by atoms with E-state index in [-0.39, 0.29) is 12.5 Å². The Bertz CT molecular complexity index is 1020. The van der Waals surface area contributed by atoms with Gasteiger partial charge in [-0.15, -0.1) is 0 Å². The topological polar surface area (TPSA) is 59.2 Å². The average molecular weight is 430 g/mol. The van der Waals surface area contributed by atoms with Crippen LogP contribution in [-0.4, -0.2) is 26.5 Å². The summed E-state index contributed by atoms with van der Waals surface area (Å²) < 4.78 is 5.37. The number of amides is 1. The third kappa shape index (κ3) is 5.46. The maximum atomic E-state index is 12.9. The van der Waals surface area contributed by atoms with Crippen LogP contribution >= 0.6 is 23.2 Å². The molecule has 0 atom stereocenters. The van der Waals surface area contributed by atoms with Crippen LogP contribution in [0.1, 0.15) is 32.2 Å². The molecule has 1 heterocycles. The molecule has 150 valence electrons. The van der Waals surface area contributed by atoms with Gasteiger partial charge in [0.2, 0.25) is 17.6 Å². The number of aromatic nitrogens is 2. The summed E-state index contributed by atoms with van der Waals surface area (Å²) in [5, 5.41) is 5.23. The first kappa shape index (κ1) is 21.1. The Hall–Kier alpha value is -2.63. The highest BCUT2D eigenvalue weighted by atomic mass is 35.5. The Labute approximate surface area is 179 Å². The third-order valence-electron chi connectivity index (χ3n) is 4.25. The fourth-order valence-electron chi connectivity index (χ4n) is 2.68. The van der Waals surface area contributed by atoms with Crippen LogP contribution in [0.2, 0.25) is 10.0 Å². The van der Waals surface area contributed by atoms with Crippen molar-refractivity contribution in [3.8, 4) is 11.4 Å². The first-order chi connectivity index (χ1) is 13.7. The number of hydrogen-bond donors (Lipinski definition) is 0. The minimum absolute atomic E-state index is 0.177. The summed E-state index contributed by atoms with van der Waals surface area (Å²) in [5.74, 6) is 0.623. The van der Waals surface area contributed by atoms with Crippen LogP contribution in [0.4, 0.5) is 0 Å². The lowest BCUT2D eigenvalue weighted by Gasteiger charge is -2.33. The molecule has 0 aliphatic rings. The van der Waals surface area contributed by atoms with E-state index in [4.69, 9.17) is 27.7 Å². The molecule has 0 saturated carbocycles. The fraction of sp³-hybridized carbons (Fsp3) is 0.227. The maximum absolute atomic E-state index is 12.9. The van der Waals surface area contributed by atoms with Crippen molar-refractivity contribution in [3.63, 3.8) is 0 Å². The molecule has 3 aromatic rings. The Morgan fingerprint density at radius 3 is 2.45 bits per heavy atom. The molecule has 0 bridgehead atoms. The lowest BCUT2D eigenvalue weighted by atomic mass is 10.1. The van der Waals surface area contributed by atoms with Gasteiger partial charge in [0.1, 0.15) is 6.54 Å². The molecule has 0 saturated heterocycles. The highest BCUT2D eigenvalue weighted by molar-refractivity contribution is 6.32. The molecule has 2 aromatic carbocycles. The van der Waals surface area contributed by atoms with E-state index in [1.165, 1.54) is 6.08 Å². The third-order valence-corrected chi connectivity index (χ3v) is 4.85. The quantitative estimate of drug-likeness (QED) is 0.474. The molecule has 0 fully saturated rings. The van der Waals surface area contributed by atoms with Crippen molar-refractivity contribution in [2.75, 3.05) is 0 Å². The molecule has 0 unspecified atom stereocenters. The summed E-state index contributed by atoms with van der Waals surface area (Å²) in [5.41, 5.74) is 1.12. The number of nitrogens with zero attached hydrogens (tertiary/aromatic N) is 3. The molecule has 7 heteroatoms. The van der Waals surface area contributed by atoms with Crippen molar-refractivity contribution < 1.29 is 9.32 Å². The minimum atomic E-state index is -0.448. The van der Waals surface area contributed by atoms with Gasteiger partial charge in [0.15, 0.2) is 0 Å². The molecule has 0 aliphatic heterocycles. The number of halogens is 2. The van der Waals surface area contributed by atoms with Gasteiger partial charge < -0.3 is 9.42 Å². The predicted octanol–water partition coefficient (Wildman–Crippen LogP) is 5.88. The molecule has 0 radical (unpaired) electrons. The molecule has 0 spiro atoms. The Morgan fingerprint density at radius 1 is 1.10 bits per heavy atom. The SMILES string of the molecule is CC(C)(C)N(Cc1nc(-c2ccc(Cl)cc2)no1)C(=O)/C=C/c1ccccc1Cl. The first-order valence-corrected chi connectivity index (χ1v) is 9.82. The van der Waals surface area contributed by atoms with Crippen molar-refractivity contribution in [1.82, 2.24) is 15.0 Å². The zero-order chi connectivity index (χ0) is 21.0. The van der Waals surface area contributed by atoms with Gasteiger partial charge in [-0.25, -0.2) is 0 Å². The lowest BCUT2D eigenvalue weighted by Crippen LogP contribution is -2.44. The highest BCUT2D eigenvalue weighted by Gasteiger charge is 2.27. The van der Waals surface area contributed by atoms with Gasteiger partial charge in [0, 0.05) is 27.2 Å². The zero-order valence-electron chi connectivity index (χ0n) is 16.4. The van der Waals surface area contributed by atoms with Crippen LogP contribution in [0.5, 0.6) is 0 Å². The number of carbonyl (C=O) groups is 1. The van der Waals surface area contributed by atoms with E-state index in [9.17, 15) is 4.79 Å². The molecule has 0 N–H and O–H groups in total. The molecule has 3 rings (SSSR count). The van der Waals surface area contributed by atoms with E-state index in [0.717, 1.165) is 11.1 Å².